The first-order valence-corrected chi connectivity index (χ1v) is 7.00. The van der Waals surface area contributed by atoms with Gasteiger partial charge in [0.05, 0.1) is 5.92 Å². The van der Waals surface area contributed by atoms with Crippen LogP contribution in [0.2, 0.25) is 0 Å². The molecule has 2 N–H and O–H groups in total. The van der Waals surface area contributed by atoms with Crippen LogP contribution in [0.3, 0.4) is 0 Å². The van der Waals surface area contributed by atoms with Crippen molar-refractivity contribution in [2.75, 3.05) is 19.8 Å². The van der Waals surface area contributed by atoms with Gasteiger partial charge in [-0.05, 0) is 30.6 Å². The number of nitrogens with one attached hydrogen (secondary N) is 1. The van der Waals surface area contributed by atoms with Crippen LogP contribution in [0.15, 0.2) is 0 Å². The van der Waals surface area contributed by atoms with E-state index in [0.29, 0.717) is 13.2 Å². The van der Waals surface area contributed by atoms with Crippen molar-refractivity contribution < 1.29 is 19.4 Å². The first-order valence-electron chi connectivity index (χ1n) is 7.00. The van der Waals surface area contributed by atoms with Gasteiger partial charge >= 0.3 is 5.97 Å². The van der Waals surface area contributed by atoms with E-state index >= 15 is 0 Å². The van der Waals surface area contributed by atoms with E-state index in [-0.39, 0.29) is 29.7 Å². The Kier molecular flexibility index (Phi) is 4.13. The summed E-state index contributed by atoms with van der Waals surface area (Å²) in [4.78, 5) is 23.2. The van der Waals surface area contributed by atoms with Crippen molar-refractivity contribution in [3.8, 4) is 0 Å². The van der Waals surface area contributed by atoms with Crippen LogP contribution in [0.1, 0.15) is 33.1 Å². The molecule has 1 heterocycles. The van der Waals surface area contributed by atoms with Gasteiger partial charge in [-0.3, -0.25) is 9.59 Å². The second kappa shape index (κ2) is 5.49. The van der Waals surface area contributed by atoms with Crippen LogP contribution in [0.4, 0.5) is 0 Å². The fourth-order valence-corrected chi connectivity index (χ4v) is 2.82. The standard InChI is InChI=1S/C14H23NO4/c1-14(2)7-11(14)12(16)15-8-10(13(17)18)9-3-5-19-6-4-9/h9-11H,3-8H2,1-2H3,(H,15,16)(H,17,18). The third-order valence-corrected chi connectivity index (χ3v) is 4.48. The zero-order valence-electron chi connectivity index (χ0n) is 11.6. The molecule has 19 heavy (non-hydrogen) atoms. The van der Waals surface area contributed by atoms with Crippen LogP contribution < -0.4 is 5.32 Å². The number of carbonyl (C=O) groups is 2. The maximum absolute atomic E-state index is 11.9. The monoisotopic (exact) mass is 269 g/mol. The zero-order chi connectivity index (χ0) is 14.0. The molecule has 1 saturated carbocycles. The van der Waals surface area contributed by atoms with Crippen LogP contribution in [-0.4, -0.2) is 36.7 Å². The van der Waals surface area contributed by atoms with Gasteiger partial charge in [-0.1, -0.05) is 13.8 Å². The summed E-state index contributed by atoms with van der Waals surface area (Å²) in [6.07, 6.45) is 2.43. The van der Waals surface area contributed by atoms with Crippen LogP contribution in [0.25, 0.3) is 0 Å². The van der Waals surface area contributed by atoms with Crippen LogP contribution in [0.5, 0.6) is 0 Å². The molecule has 2 unspecified atom stereocenters. The van der Waals surface area contributed by atoms with Gasteiger partial charge in [0.2, 0.25) is 5.91 Å². The van der Waals surface area contributed by atoms with Crippen molar-refractivity contribution in [3.05, 3.63) is 0 Å². The number of rotatable bonds is 5. The highest BCUT2D eigenvalue weighted by atomic mass is 16.5. The summed E-state index contributed by atoms with van der Waals surface area (Å²) >= 11 is 0. The number of ether oxygens (including phenoxy) is 1. The topological polar surface area (TPSA) is 75.6 Å². The van der Waals surface area contributed by atoms with Gasteiger partial charge in [0.25, 0.3) is 0 Å². The Hall–Kier alpha value is -1.10. The lowest BCUT2D eigenvalue weighted by Crippen LogP contribution is -2.39. The number of hydrogen-bond acceptors (Lipinski definition) is 3. The highest BCUT2D eigenvalue weighted by Crippen LogP contribution is 2.51. The number of carbonyl (C=O) groups excluding carboxylic acids is 1. The predicted molar refractivity (Wildman–Crippen MR) is 69.6 cm³/mol. The van der Waals surface area contributed by atoms with E-state index in [2.05, 4.69) is 19.2 Å². The van der Waals surface area contributed by atoms with Crippen molar-refractivity contribution in [1.82, 2.24) is 5.32 Å². The van der Waals surface area contributed by atoms with Gasteiger partial charge in [0.1, 0.15) is 0 Å². The SMILES string of the molecule is CC1(C)CC1C(=O)NCC(C(=O)O)C1CCOCC1. The molecule has 5 nitrogen and oxygen atoms in total. The second-order valence-electron chi connectivity index (χ2n) is 6.38. The molecule has 0 spiro atoms. The summed E-state index contributed by atoms with van der Waals surface area (Å²) in [6, 6.07) is 0. The zero-order valence-corrected chi connectivity index (χ0v) is 11.6. The van der Waals surface area contributed by atoms with Crippen LogP contribution >= 0.6 is 0 Å². The van der Waals surface area contributed by atoms with Gasteiger partial charge in [-0.2, -0.15) is 0 Å². The molecule has 0 aromatic rings. The predicted octanol–water partition coefficient (Wildman–Crippen LogP) is 1.28. The molecular formula is C14H23NO4. The number of aliphatic carboxylic acids is 1. The summed E-state index contributed by atoms with van der Waals surface area (Å²) in [5.41, 5.74) is 0.0848. The first-order chi connectivity index (χ1) is 8.92. The molecular weight excluding hydrogens is 246 g/mol. The Morgan fingerprint density at radius 2 is 1.95 bits per heavy atom. The smallest absolute Gasteiger partial charge is 0.308 e. The Morgan fingerprint density at radius 3 is 2.42 bits per heavy atom. The summed E-state index contributed by atoms with van der Waals surface area (Å²) in [6.45, 7) is 5.61. The highest BCUT2D eigenvalue weighted by Gasteiger charge is 2.50. The summed E-state index contributed by atoms with van der Waals surface area (Å²) < 4.78 is 5.25. The quantitative estimate of drug-likeness (QED) is 0.788. The van der Waals surface area contributed by atoms with E-state index in [1.165, 1.54) is 0 Å². The average Bonchev–Trinajstić information content (AvgIpc) is 2.99. The summed E-state index contributed by atoms with van der Waals surface area (Å²) in [5.74, 6) is -1.14. The second-order valence-corrected chi connectivity index (χ2v) is 6.38. The molecule has 0 bridgehead atoms. The number of carboxylic acids is 1. The molecule has 0 aromatic heterocycles. The normalized spacial score (nSPS) is 27.6. The van der Waals surface area contributed by atoms with E-state index < -0.39 is 11.9 Å². The molecule has 2 fully saturated rings. The summed E-state index contributed by atoms with van der Waals surface area (Å²) in [7, 11) is 0. The molecule has 2 rings (SSSR count). The lowest BCUT2D eigenvalue weighted by molar-refractivity contribution is -0.145. The largest absolute Gasteiger partial charge is 0.481 e. The van der Waals surface area contributed by atoms with Crippen LogP contribution in [0, 0.1) is 23.2 Å². The number of carboxylic acid groups (broad SMARTS) is 1. The summed E-state index contributed by atoms with van der Waals surface area (Å²) in [5, 5.41) is 12.1. The van der Waals surface area contributed by atoms with Crippen molar-refractivity contribution in [3.63, 3.8) is 0 Å². The fourth-order valence-electron chi connectivity index (χ4n) is 2.82. The molecule has 0 aromatic carbocycles. The minimum Gasteiger partial charge on any atom is -0.481 e. The van der Waals surface area contributed by atoms with Crippen molar-refractivity contribution >= 4 is 11.9 Å². The molecule has 5 heteroatoms. The lowest BCUT2D eigenvalue weighted by Gasteiger charge is -2.27. The first kappa shape index (κ1) is 14.3. The minimum absolute atomic E-state index is 0.00306. The van der Waals surface area contributed by atoms with E-state index in [1.54, 1.807) is 0 Å². The Bertz CT molecular complexity index is 360. The number of amides is 1. The van der Waals surface area contributed by atoms with Crippen molar-refractivity contribution in [2.45, 2.75) is 33.1 Å². The van der Waals surface area contributed by atoms with E-state index in [1.807, 2.05) is 0 Å². The lowest BCUT2D eigenvalue weighted by atomic mass is 9.86. The van der Waals surface area contributed by atoms with Gasteiger partial charge in [0, 0.05) is 25.7 Å². The molecule has 1 amide bonds. The Balaban J connectivity index is 1.83. The van der Waals surface area contributed by atoms with Gasteiger partial charge in [-0.15, -0.1) is 0 Å². The molecule has 108 valence electrons. The fraction of sp³-hybridized carbons (Fsp3) is 0.857. The minimum atomic E-state index is -0.817. The molecule has 1 aliphatic heterocycles. The van der Waals surface area contributed by atoms with Crippen molar-refractivity contribution in [1.29, 1.82) is 0 Å². The maximum atomic E-state index is 11.9. The molecule has 1 saturated heterocycles. The van der Waals surface area contributed by atoms with E-state index in [0.717, 1.165) is 19.3 Å². The Labute approximate surface area is 113 Å². The third kappa shape index (κ3) is 3.47. The third-order valence-electron chi connectivity index (χ3n) is 4.48. The molecule has 0 radical (unpaired) electrons. The van der Waals surface area contributed by atoms with Gasteiger partial charge in [0.15, 0.2) is 0 Å². The van der Waals surface area contributed by atoms with E-state index in [9.17, 15) is 14.7 Å². The maximum Gasteiger partial charge on any atom is 0.308 e. The van der Waals surface area contributed by atoms with Crippen molar-refractivity contribution in [2.24, 2.45) is 23.2 Å². The van der Waals surface area contributed by atoms with Crippen LogP contribution in [-0.2, 0) is 14.3 Å². The average molecular weight is 269 g/mol. The molecule has 2 aliphatic rings. The molecule has 1 aliphatic carbocycles. The van der Waals surface area contributed by atoms with Gasteiger partial charge in [-0.25, -0.2) is 0 Å². The van der Waals surface area contributed by atoms with Gasteiger partial charge < -0.3 is 15.2 Å². The van der Waals surface area contributed by atoms with E-state index in [4.69, 9.17) is 4.74 Å². The number of hydrogen-bond donors (Lipinski definition) is 2. The highest BCUT2D eigenvalue weighted by molar-refractivity contribution is 5.83. The Morgan fingerprint density at radius 1 is 1.37 bits per heavy atom. The molecule has 2 atom stereocenters.